The lowest BCUT2D eigenvalue weighted by atomic mass is 10.1. The first-order valence-corrected chi connectivity index (χ1v) is 5.22. The molecule has 0 radical (unpaired) electrons. The van der Waals surface area contributed by atoms with Crippen LogP contribution in [0, 0.1) is 11.6 Å². The molecule has 0 aliphatic rings. The molecule has 0 aliphatic carbocycles. The van der Waals surface area contributed by atoms with Gasteiger partial charge in [0.1, 0.15) is 11.6 Å². The second-order valence-corrected chi connectivity index (χ2v) is 3.58. The van der Waals surface area contributed by atoms with Gasteiger partial charge in [-0.2, -0.15) is 0 Å². The minimum absolute atomic E-state index is 0.00552. The number of aliphatic carboxylic acids is 1. The molecule has 5 nitrogen and oxygen atoms in total. The zero-order valence-electron chi connectivity index (χ0n) is 9.51. The summed E-state index contributed by atoms with van der Waals surface area (Å²) < 4.78 is 31.8. The van der Waals surface area contributed by atoms with E-state index in [1.54, 1.807) is 0 Å². The molecule has 0 fully saturated rings. The number of halogens is 2. The molecule has 1 aromatic carbocycles. The number of nitrogens with zero attached hydrogens (tertiary/aromatic N) is 2. The highest BCUT2D eigenvalue weighted by atomic mass is 19.1. The quantitative estimate of drug-likeness (QED) is 0.857. The molecule has 1 aromatic heterocycles. The van der Waals surface area contributed by atoms with Crippen LogP contribution in [0.4, 0.5) is 8.78 Å². The smallest absolute Gasteiger partial charge is 0.328 e. The van der Waals surface area contributed by atoms with Crippen molar-refractivity contribution in [2.24, 2.45) is 0 Å². The Labute approximate surface area is 106 Å². The number of aromatic nitrogens is 2. The predicted molar refractivity (Wildman–Crippen MR) is 60.1 cm³/mol. The second-order valence-electron chi connectivity index (χ2n) is 3.58. The van der Waals surface area contributed by atoms with E-state index >= 15 is 0 Å². The summed E-state index contributed by atoms with van der Waals surface area (Å²) in [6.45, 7) is 0. The van der Waals surface area contributed by atoms with E-state index in [0.717, 1.165) is 24.3 Å². The Morgan fingerprint density at radius 1 is 1.32 bits per heavy atom. The third-order valence-corrected chi connectivity index (χ3v) is 2.24. The first kappa shape index (κ1) is 12.9. The van der Waals surface area contributed by atoms with Gasteiger partial charge in [-0.25, -0.2) is 13.6 Å². The molecule has 0 unspecified atom stereocenters. The van der Waals surface area contributed by atoms with Gasteiger partial charge in [-0.05, 0) is 12.1 Å². The molecule has 0 saturated heterocycles. The van der Waals surface area contributed by atoms with Crippen molar-refractivity contribution in [2.45, 2.75) is 6.42 Å². The first-order chi connectivity index (χ1) is 9.06. The Kier molecular flexibility index (Phi) is 3.65. The zero-order chi connectivity index (χ0) is 13.8. The molecule has 2 aromatic rings. The van der Waals surface area contributed by atoms with Crippen LogP contribution in [0.3, 0.4) is 0 Å². The summed E-state index contributed by atoms with van der Waals surface area (Å²) in [6.07, 6.45) is 1.71. The molecule has 2 rings (SSSR count). The van der Waals surface area contributed by atoms with E-state index < -0.39 is 17.6 Å². The van der Waals surface area contributed by atoms with E-state index in [1.807, 2.05) is 0 Å². The lowest BCUT2D eigenvalue weighted by molar-refractivity contribution is -0.131. The van der Waals surface area contributed by atoms with Crippen molar-refractivity contribution in [1.29, 1.82) is 0 Å². The van der Waals surface area contributed by atoms with Gasteiger partial charge >= 0.3 is 5.97 Å². The monoisotopic (exact) mass is 266 g/mol. The van der Waals surface area contributed by atoms with Crippen molar-refractivity contribution >= 4 is 12.0 Å². The van der Waals surface area contributed by atoms with Crippen molar-refractivity contribution in [1.82, 2.24) is 10.2 Å². The maximum Gasteiger partial charge on any atom is 0.328 e. The zero-order valence-corrected chi connectivity index (χ0v) is 9.51. The summed E-state index contributed by atoms with van der Waals surface area (Å²) >= 11 is 0. The van der Waals surface area contributed by atoms with E-state index in [4.69, 9.17) is 9.52 Å². The SMILES string of the molecule is O=C(O)/C=C/c1nnc(Cc2c(F)cccc2F)o1. The number of hydrogen-bond acceptors (Lipinski definition) is 4. The van der Waals surface area contributed by atoms with E-state index in [9.17, 15) is 13.6 Å². The Hall–Kier alpha value is -2.57. The van der Waals surface area contributed by atoms with Gasteiger partial charge in [0.15, 0.2) is 0 Å². The Morgan fingerprint density at radius 2 is 2.00 bits per heavy atom. The average Bonchev–Trinajstić information content (AvgIpc) is 2.79. The van der Waals surface area contributed by atoms with Crippen LogP contribution in [0.25, 0.3) is 6.08 Å². The lowest BCUT2D eigenvalue weighted by Gasteiger charge is -2.00. The van der Waals surface area contributed by atoms with Crippen LogP contribution in [0.2, 0.25) is 0 Å². The summed E-state index contributed by atoms with van der Waals surface area (Å²) in [5, 5.41) is 15.5. The summed E-state index contributed by atoms with van der Waals surface area (Å²) in [5.74, 6) is -2.63. The normalized spacial score (nSPS) is 11.1. The van der Waals surface area contributed by atoms with E-state index in [0.29, 0.717) is 0 Å². The fourth-order valence-corrected chi connectivity index (χ4v) is 1.40. The maximum absolute atomic E-state index is 13.4. The molecule has 0 amide bonds. The Balaban J connectivity index is 2.18. The molecular formula is C12H8F2N2O3. The molecular weight excluding hydrogens is 258 g/mol. The van der Waals surface area contributed by atoms with Gasteiger partial charge in [-0.3, -0.25) is 0 Å². The number of rotatable bonds is 4. The lowest BCUT2D eigenvalue weighted by Crippen LogP contribution is -1.97. The van der Waals surface area contributed by atoms with Crippen molar-refractivity contribution < 1.29 is 23.1 Å². The molecule has 1 heterocycles. The molecule has 19 heavy (non-hydrogen) atoms. The maximum atomic E-state index is 13.4. The molecule has 0 saturated carbocycles. The fraction of sp³-hybridized carbons (Fsp3) is 0.0833. The number of carboxylic acid groups (broad SMARTS) is 1. The van der Waals surface area contributed by atoms with Gasteiger partial charge in [-0.15, -0.1) is 10.2 Å². The summed E-state index contributed by atoms with van der Waals surface area (Å²) in [7, 11) is 0. The molecule has 0 aliphatic heterocycles. The predicted octanol–water partition coefficient (Wildman–Crippen LogP) is 2.04. The third-order valence-electron chi connectivity index (χ3n) is 2.24. The van der Waals surface area contributed by atoms with Crippen LogP contribution >= 0.6 is 0 Å². The minimum atomic E-state index is -1.17. The largest absolute Gasteiger partial charge is 0.478 e. The number of carboxylic acids is 1. The minimum Gasteiger partial charge on any atom is -0.478 e. The van der Waals surface area contributed by atoms with Crippen molar-refractivity contribution in [3.63, 3.8) is 0 Å². The standard InChI is InChI=1S/C12H8F2N2O3/c13-8-2-1-3-9(14)7(8)6-11-16-15-10(19-11)4-5-12(17)18/h1-5H,6H2,(H,17,18)/b5-4+. The van der Waals surface area contributed by atoms with Crippen molar-refractivity contribution in [3.8, 4) is 0 Å². The van der Waals surface area contributed by atoms with Crippen LogP contribution < -0.4 is 0 Å². The van der Waals surface area contributed by atoms with Gasteiger partial charge in [0, 0.05) is 17.7 Å². The first-order valence-electron chi connectivity index (χ1n) is 5.22. The molecule has 0 spiro atoms. The topological polar surface area (TPSA) is 76.2 Å². The van der Waals surface area contributed by atoms with Gasteiger partial charge in [0.05, 0.1) is 6.42 Å². The highest BCUT2D eigenvalue weighted by Gasteiger charge is 2.13. The van der Waals surface area contributed by atoms with E-state index in [1.165, 1.54) is 6.07 Å². The van der Waals surface area contributed by atoms with Crippen LogP contribution in [0.15, 0.2) is 28.7 Å². The molecule has 0 atom stereocenters. The molecule has 1 N–H and O–H groups in total. The number of benzene rings is 1. The highest BCUT2D eigenvalue weighted by molar-refractivity contribution is 5.84. The Morgan fingerprint density at radius 3 is 2.63 bits per heavy atom. The van der Waals surface area contributed by atoms with Crippen LogP contribution in [-0.4, -0.2) is 21.3 Å². The number of carbonyl (C=O) groups is 1. The van der Waals surface area contributed by atoms with Gasteiger partial charge in [-0.1, -0.05) is 6.07 Å². The summed E-state index contributed by atoms with van der Waals surface area (Å²) in [4.78, 5) is 10.3. The summed E-state index contributed by atoms with van der Waals surface area (Å²) in [5.41, 5.74) is -0.181. The highest BCUT2D eigenvalue weighted by Crippen LogP contribution is 2.16. The van der Waals surface area contributed by atoms with Crippen LogP contribution in [-0.2, 0) is 11.2 Å². The third kappa shape index (κ3) is 3.21. The summed E-state index contributed by atoms with van der Waals surface area (Å²) in [6, 6.07) is 3.50. The van der Waals surface area contributed by atoms with Gasteiger partial charge in [0.25, 0.3) is 0 Å². The number of hydrogen-bond donors (Lipinski definition) is 1. The van der Waals surface area contributed by atoms with Crippen LogP contribution in [0.1, 0.15) is 17.3 Å². The van der Waals surface area contributed by atoms with Crippen LogP contribution in [0.5, 0.6) is 0 Å². The van der Waals surface area contributed by atoms with E-state index in [-0.39, 0.29) is 23.8 Å². The second kappa shape index (κ2) is 5.38. The fourth-order valence-electron chi connectivity index (χ4n) is 1.40. The molecule has 0 bridgehead atoms. The molecule has 98 valence electrons. The van der Waals surface area contributed by atoms with Crippen molar-refractivity contribution in [3.05, 3.63) is 53.3 Å². The van der Waals surface area contributed by atoms with Gasteiger partial charge < -0.3 is 9.52 Å². The molecule has 7 heteroatoms. The van der Waals surface area contributed by atoms with E-state index in [2.05, 4.69) is 10.2 Å². The Bertz CT molecular complexity index is 617. The average molecular weight is 266 g/mol. The van der Waals surface area contributed by atoms with Gasteiger partial charge in [0.2, 0.25) is 11.8 Å². The van der Waals surface area contributed by atoms with Crippen molar-refractivity contribution in [2.75, 3.05) is 0 Å².